The predicted molar refractivity (Wildman–Crippen MR) is 160 cm³/mol. The monoisotopic (exact) mass is 540 g/mol. The first-order valence-electron chi connectivity index (χ1n) is 13.5. The van der Waals surface area contributed by atoms with Gasteiger partial charge in [0, 0.05) is 60.8 Å². The summed E-state index contributed by atoms with van der Waals surface area (Å²) in [5, 5.41) is 14.0. The van der Waals surface area contributed by atoms with Crippen LogP contribution in [-0.4, -0.2) is 76.5 Å². The molecule has 0 radical (unpaired) electrons. The molecule has 208 valence electrons. The number of pyridine rings is 2. The maximum absolute atomic E-state index is 12.7. The van der Waals surface area contributed by atoms with Gasteiger partial charge in [-0.2, -0.15) is 0 Å². The van der Waals surface area contributed by atoms with Crippen molar-refractivity contribution in [3.05, 3.63) is 72.6 Å². The number of aliphatic hydroxyl groups excluding tert-OH is 1. The molecule has 4 heterocycles. The average Bonchev–Trinajstić information content (AvgIpc) is 3.33. The van der Waals surface area contributed by atoms with E-state index in [1.54, 1.807) is 0 Å². The number of nitrogens with zero attached hydrogens (tertiary/aromatic N) is 4. The predicted octanol–water partition coefficient (Wildman–Crippen LogP) is 4.83. The standard InChI is InChI=1S/C31H36N6O3/c1-6-27(38)34-25-16-21(8-7-20(25)4)28-24-15-23(31(39)40-19(2)3)18-33-30(24)35-29(28)22-9-10-26(32-17-22)37-13-11-36(5)12-14-37/h6-10,15-19,27,34,38H,1,11-14H2,2-5H3,(H,33,35). The first kappa shape index (κ1) is 27.4. The second kappa shape index (κ2) is 11.5. The number of rotatable bonds is 8. The highest BCUT2D eigenvalue weighted by Crippen LogP contribution is 2.39. The second-order valence-corrected chi connectivity index (χ2v) is 10.5. The lowest BCUT2D eigenvalue weighted by molar-refractivity contribution is 0.0377. The Morgan fingerprint density at radius 2 is 1.85 bits per heavy atom. The molecule has 1 saturated heterocycles. The number of aliphatic hydroxyl groups is 1. The number of carbonyl (C=O) groups is 1. The lowest BCUT2D eigenvalue weighted by Gasteiger charge is -2.33. The number of ether oxygens (including phenoxy) is 1. The molecule has 1 aliphatic rings. The summed E-state index contributed by atoms with van der Waals surface area (Å²) in [6.07, 6.45) is 3.73. The number of anilines is 2. The number of carbonyl (C=O) groups excluding carboxylic acids is 1. The smallest absolute Gasteiger partial charge is 0.339 e. The molecular weight excluding hydrogens is 504 g/mol. The summed E-state index contributed by atoms with van der Waals surface area (Å²) in [5.74, 6) is 0.531. The summed E-state index contributed by atoms with van der Waals surface area (Å²) in [6, 6.07) is 11.9. The van der Waals surface area contributed by atoms with Crippen LogP contribution in [0.1, 0.15) is 29.8 Å². The van der Waals surface area contributed by atoms with Crippen molar-refractivity contribution in [3.8, 4) is 22.4 Å². The molecule has 4 aromatic rings. The fourth-order valence-electron chi connectivity index (χ4n) is 4.89. The molecule has 1 fully saturated rings. The highest BCUT2D eigenvalue weighted by atomic mass is 16.5. The van der Waals surface area contributed by atoms with Crippen molar-refractivity contribution in [1.29, 1.82) is 0 Å². The second-order valence-electron chi connectivity index (χ2n) is 10.5. The zero-order chi connectivity index (χ0) is 28.4. The molecule has 3 N–H and O–H groups in total. The van der Waals surface area contributed by atoms with Crippen LogP contribution in [0.2, 0.25) is 0 Å². The molecule has 1 aliphatic heterocycles. The van der Waals surface area contributed by atoms with Gasteiger partial charge in [0.25, 0.3) is 0 Å². The summed E-state index contributed by atoms with van der Waals surface area (Å²) < 4.78 is 5.44. The quantitative estimate of drug-likeness (QED) is 0.166. The molecule has 0 spiro atoms. The highest BCUT2D eigenvalue weighted by Gasteiger charge is 2.21. The van der Waals surface area contributed by atoms with E-state index in [1.807, 2.05) is 51.2 Å². The molecule has 0 amide bonds. The Labute approximate surface area is 234 Å². The normalized spacial score (nSPS) is 14.9. The van der Waals surface area contributed by atoms with Gasteiger partial charge in [-0.15, -0.1) is 0 Å². The maximum Gasteiger partial charge on any atom is 0.339 e. The van der Waals surface area contributed by atoms with Crippen LogP contribution < -0.4 is 10.2 Å². The molecule has 0 saturated carbocycles. The van der Waals surface area contributed by atoms with Gasteiger partial charge >= 0.3 is 5.97 Å². The molecule has 1 unspecified atom stereocenters. The largest absolute Gasteiger partial charge is 0.459 e. The number of nitrogens with one attached hydrogen (secondary N) is 2. The van der Waals surface area contributed by atoms with Crippen LogP contribution in [0, 0.1) is 6.92 Å². The number of hydrogen-bond acceptors (Lipinski definition) is 8. The van der Waals surface area contributed by atoms with Crippen LogP contribution >= 0.6 is 0 Å². The highest BCUT2D eigenvalue weighted by molar-refractivity contribution is 6.05. The molecule has 0 bridgehead atoms. The first-order valence-corrected chi connectivity index (χ1v) is 13.5. The summed E-state index contributed by atoms with van der Waals surface area (Å²) in [7, 11) is 2.14. The number of likely N-dealkylation sites (N-methyl/N-ethyl adjacent to an activating group) is 1. The Kier molecular flexibility index (Phi) is 7.86. The van der Waals surface area contributed by atoms with Crippen LogP contribution in [0.5, 0.6) is 0 Å². The third kappa shape index (κ3) is 5.71. The van der Waals surface area contributed by atoms with Gasteiger partial charge in [0.2, 0.25) is 0 Å². The zero-order valence-corrected chi connectivity index (χ0v) is 23.4. The van der Waals surface area contributed by atoms with Gasteiger partial charge in [-0.05, 0) is 69.3 Å². The van der Waals surface area contributed by atoms with Crippen molar-refractivity contribution in [2.24, 2.45) is 0 Å². The third-order valence-corrected chi connectivity index (χ3v) is 7.15. The van der Waals surface area contributed by atoms with Crippen molar-refractivity contribution in [3.63, 3.8) is 0 Å². The number of aromatic nitrogens is 3. The van der Waals surface area contributed by atoms with Crippen molar-refractivity contribution in [1.82, 2.24) is 19.9 Å². The molecule has 9 heteroatoms. The Bertz CT molecular complexity index is 1520. The summed E-state index contributed by atoms with van der Waals surface area (Å²) in [6.45, 7) is 13.2. The Balaban J connectivity index is 1.62. The van der Waals surface area contributed by atoms with Crippen molar-refractivity contribution in [2.75, 3.05) is 43.4 Å². The Hall–Kier alpha value is -4.21. The molecular formula is C31H36N6O3. The van der Waals surface area contributed by atoms with Gasteiger partial charge in [0.05, 0.1) is 17.4 Å². The maximum atomic E-state index is 12.7. The number of esters is 1. The van der Waals surface area contributed by atoms with E-state index in [1.165, 1.54) is 12.3 Å². The topological polar surface area (TPSA) is 107 Å². The van der Waals surface area contributed by atoms with E-state index in [-0.39, 0.29) is 6.10 Å². The fraction of sp³-hybridized carbons (Fsp3) is 0.323. The average molecular weight is 541 g/mol. The molecule has 3 aromatic heterocycles. The summed E-state index contributed by atoms with van der Waals surface area (Å²) in [5.41, 5.74) is 6.30. The van der Waals surface area contributed by atoms with Crippen LogP contribution in [0.3, 0.4) is 0 Å². The van der Waals surface area contributed by atoms with Gasteiger partial charge in [-0.25, -0.2) is 14.8 Å². The lowest BCUT2D eigenvalue weighted by Crippen LogP contribution is -2.44. The van der Waals surface area contributed by atoms with Crippen LogP contribution in [0.4, 0.5) is 11.5 Å². The molecule has 9 nitrogen and oxygen atoms in total. The van der Waals surface area contributed by atoms with Crippen LogP contribution in [-0.2, 0) is 4.74 Å². The molecule has 5 rings (SSSR count). The van der Waals surface area contributed by atoms with E-state index < -0.39 is 12.2 Å². The fourth-order valence-corrected chi connectivity index (χ4v) is 4.89. The van der Waals surface area contributed by atoms with Gasteiger partial charge in [0.15, 0.2) is 0 Å². The van der Waals surface area contributed by atoms with E-state index in [0.29, 0.717) is 11.2 Å². The lowest BCUT2D eigenvalue weighted by atomic mass is 9.97. The van der Waals surface area contributed by atoms with Crippen molar-refractivity contribution >= 4 is 28.5 Å². The van der Waals surface area contributed by atoms with Gasteiger partial charge < -0.3 is 29.9 Å². The van der Waals surface area contributed by atoms with Gasteiger partial charge in [-0.1, -0.05) is 18.7 Å². The van der Waals surface area contributed by atoms with E-state index >= 15 is 0 Å². The molecule has 0 aliphatic carbocycles. The van der Waals surface area contributed by atoms with E-state index in [2.05, 4.69) is 50.8 Å². The first-order chi connectivity index (χ1) is 19.2. The van der Waals surface area contributed by atoms with E-state index in [0.717, 1.165) is 71.0 Å². The molecule has 1 aromatic carbocycles. The van der Waals surface area contributed by atoms with Crippen LogP contribution in [0.15, 0.2) is 61.4 Å². The SMILES string of the molecule is C=CC(O)Nc1cc(-c2c(-c3ccc(N4CCN(C)CC4)nc3)[nH]c3ncc(C(=O)OC(C)C)cc23)ccc1C. The van der Waals surface area contributed by atoms with Crippen LogP contribution in [0.25, 0.3) is 33.4 Å². The van der Waals surface area contributed by atoms with Gasteiger partial charge in [0.1, 0.15) is 17.7 Å². The minimum Gasteiger partial charge on any atom is -0.459 e. The zero-order valence-electron chi connectivity index (χ0n) is 23.4. The van der Waals surface area contributed by atoms with E-state index in [4.69, 9.17) is 9.72 Å². The minimum absolute atomic E-state index is 0.239. The van der Waals surface area contributed by atoms with Crippen molar-refractivity contribution < 1.29 is 14.6 Å². The Morgan fingerprint density at radius 1 is 1.10 bits per heavy atom. The van der Waals surface area contributed by atoms with Gasteiger partial charge in [-0.3, -0.25) is 0 Å². The Morgan fingerprint density at radius 3 is 2.52 bits per heavy atom. The number of aryl methyl sites for hydroxylation is 1. The molecule has 1 atom stereocenters. The number of benzene rings is 1. The van der Waals surface area contributed by atoms with E-state index in [9.17, 15) is 9.90 Å². The minimum atomic E-state index is -0.887. The van der Waals surface area contributed by atoms with Crippen molar-refractivity contribution in [2.45, 2.75) is 33.1 Å². The number of fused-ring (bicyclic) bond motifs is 1. The summed E-state index contributed by atoms with van der Waals surface area (Å²) >= 11 is 0. The molecule has 40 heavy (non-hydrogen) atoms. The number of piperazine rings is 1. The number of H-pyrrole nitrogens is 1. The summed E-state index contributed by atoms with van der Waals surface area (Å²) in [4.78, 5) is 30.2. The number of aromatic amines is 1. The number of hydrogen-bond donors (Lipinski definition) is 3. The third-order valence-electron chi connectivity index (χ3n) is 7.15.